The summed E-state index contributed by atoms with van der Waals surface area (Å²) in [7, 11) is 0. The highest BCUT2D eigenvalue weighted by molar-refractivity contribution is 8.29. The zero-order valence-corrected chi connectivity index (χ0v) is 19.1. The molecular weight excluding hydrogens is 463 g/mol. The number of carbonyl (C=O) groups excluding carboxylic acids is 2. The number of hydrazone groups is 2. The zero-order valence-electron chi connectivity index (χ0n) is 16.7. The Hall–Kier alpha value is -2.75. The molecule has 0 saturated heterocycles. The minimum atomic E-state index is -0.725. The molecule has 0 aliphatic carbocycles. The van der Waals surface area contributed by atoms with Gasteiger partial charge in [-0.15, -0.1) is 0 Å². The summed E-state index contributed by atoms with van der Waals surface area (Å²) in [6.07, 6.45) is 0. The van der Waals surface area contributed by atoms with Gasteiger partial charge in [0.25, 0.3) is 0 Å². The highest BCUT2D eigenvalue weighted by atomic mass is 35.5. The third-order valence-electron chi connectivity index (χ3n) is 3.35. The first-order valence-electron chi connectivity index (χ1n) is 9.13. The van der Waals surface area contributed by atoms with E-state index in [0.29, 0.717) is 33.2 Å². The van der Waals surface area contributed by atoms with E-state index in [9.17, 15) is 9.59 Å². The Bertz CT molecular complexity index is 873. The molecule has 0 fully saturated rings. The number of benzene rings is 2. The maximum absolute atomic E-state index is 12.4. The molecule has 11 heteroatoms. The quantitative estimate of drug-likeness (QED) is 0.258. The lowest BCUT2D eigenvalue weighted by atomic mass is 10.3. The molecule has 0 aromatic heterocycles. The van der Waals surface area contributed by atoms with Crippen molar-refractivity contribution in [3.8, 4) is 0 Å². The van der Waals surface area contributed by atoms with Crippen LogP contribution >= 0.6 is 35.0 Å². The van der Waals surface area contributed by atoms with Gasteiger partial charge in [-0.25, -0.2) is 9.59 Å². The fourth-order valence-corrected chi connectivity index (χ4v) is 2.88. The third-order valence-corrected chi connectivity index (χ3v) is 4.76. The molecule has 0 spiro atoms. The molecule has 0 heterocycles. The van der Waals surface area contributed by atoms with Crippen molar-refractivity contribution in [3.63, 3.8) is 0 Å². The van der Waals surface area contributed by atoms with Gasteiger partial charge in [0, 0.05) is 10.0 Å². The molecule has 0 unspecified atom stereocenters. The molecule has 2 aromatic rings. The number of thioether (sulfide) groups is 1. The number of carbonyl (C=O) groups is 2. The Morgan fingerprint density at radius 2 is 1.13 bits per heavy atom. The average molecular weight is 483 g/mol. The maximum atomic E-state index is 12.4. The molecule has 2 aromatic carbocycles. The number of hydrogen-bond donors (Lipinski definition) is 2. The molecule has 0 bridgehead atoms. The van der Waals surface area contributed by atoms with Crippen LogP contribution in [-0.2, 0) is 19.1 Å². The summed E-state index contributed by atoms with van der Waals surface area (Å²) in [5, 5.41) is 8.97. The van der Waals surface area contributed by atoms with Crippen LogP contribution in [0.25, 0.3) is 0 Å². The number of nitrogens with one attached hydrogen (secondary N) is 2. The van der Waals surface area contributed by atoms with Gasteiger partial charge in [-0.1, -0.05) is 23.2 Å². The largest absolute Gasteiger partial charge is 0.461 e. The van der Waals surface area contributed by atoms with E-state index in [1.54, 1.807) is 62.4 Å². The van der Waals surface area contributed by atoms with Gasteiger partial charge in [-0.05, 0) is 74.1 Å². The lowest BCUT2D eigenvalue weighted by Crippen LogP contribution is -2.23. The van der Waals surface area contributed by atoms with Crippen molar-refractivity contribution >= 4 is 68.4 Å². The summed E-state index contributed by atoms with van der Waals surface area (Å²) >= 11 is 12.4. The zero-order chi connectivity index (χ0) is 22.6. The smallest absolute Gasteiger partial charge is 0.365 e. The molecule has 0 amide bonds. The fourth-order valence-electron chi connectivity index (χ4n) is 1.98. The average Bonchev–Trinajstić information content (AvgIpc) is 2.76. The number of halogens is 2. The second kappa shape index (κ2) is 12.8. The van der Waals surface area contributed by atoms with Gasteiger partial charge >= 0.3 is 11.9 Å². The number of nitrogens with zero attached hydrogens (tertiary/aromatic N) is 2. The predicted molar refractivity (Wildman–Crippen MR) is 126 cm³/mol. The van der Waals surface area contributed by atoms with Crippen LogP contribution < -0.4 is 10.9 Å². The summed E-state index contributed by atoms with van der Waals surface area (Å²) < 4.78 is 10.1. The van der Waals surface area contributed by atoms with Crippen molar-refractivity contribution in [2.45, 2.75) is 13.8 Å². The van der Waals surface area contributed by atoms with Crippen molar-refractivity contribution in [3.05, 3.63) is 58.6 Å². The molecule has 164 valence electrons. The standard InChI is InChI=1S/C20H20Cl2N4O4S/c1-3-29-19(27)17(25-23-15-9-5-13(21)6-10-15)31-18(20(28)30-4-2)26-24-16-11-7-14(22)8-12-16/h5-12,23-24H,3-4H2,1-2H3/b25-17-,26-18-. The van der Waals surface area contributed by atoms with Crippen LogP contribution in [0, 0.1) is 0 Å². The van der Waals surface area contributed by atoms with E-state index >= 15 is 0 Å². The molecule has 0 aliphatic heterocycles. The van der Waals surface area contributed by atoms with E-state index in [1.165, 1.54) is 0 Å². The molecule has 8 nitrogen and oxygen atoms in total. The molecular formula is C20H20Cl2N4O4S. The van der Waals surface area contributed by atoms with Gasteiger partial charge in [0.1, 0.15) is 0 Å². The number of hydrogen-bond acceptors (Lipinski definition) is 9. The van der Waals surface area contributed by atoms with Crippen LogP contribution in [0.1, 0.15) is 13.8 Å². The van der Waals surface area contributed by atoms with E-state index in [1.807, 2.05) is 0 Å². The summed E-state index contributed by atoms with van der Waals surface area (Å²) in [5.74, 6) is -1.45. The topological polar surface area (TPSA) is 101 Å². The number of anilines is 2. The van der Waals surface area contributed by atoms with Gasteiger partial charge in [0.2, 0.25) is 10.1 Å². The van der Waals surface area contributed by atoms with Gasteiger partial charge in [0.05, 0.1) is 24.6 Å². The molecule has 0 radical (unpaired) electrons. The van der Waals surface area contributed by atoms with Gasteiger partial charge < -0.3 is 9.47 Å². The van der Waals surface area contributed by atoms with Crippen LogP contribution in [0.5, 0.6) is 0 Å². The van der Waals surface area contributed by atoms with Crippen LogP contribution in [0.2, 0.25) is 10.0 Å². The number of ether oxygens (including phenoxy) is 2. The highest BCUT2D eigenvalue weighted by Gasteiger charge is 2.23. The molecule has 2 rings (SSSR count). The van der Waals surface area contributed by atoms with Crippen molar-refractivity contribution in [1.82, 2.24) is 0 Å². The Morgan fingerprint density at radius 1 is 0.774 bits per heavy atom. The predicted octanol–water partition coefficient (Wildman–Crippen LogP) is 5.00. The van der Waals surface area contributed by atoms with Crippen LogP contribution in [0.15, 0.2) is 58.7 Å². The minimum absolute atomic E-state index is 0.133. The van der Waals surface area contributed by atoms with E-state index < -0.39 is 11.9 Å². The molecule has 31 heavy (non-hydrogen) atoms. The Kier molecular flexibility index (Phi) is 10.2. The first kappa shape index (κ1) is 24.5. The Balaban J connectivity index is 2.26. The number of esters is 2. The van der Waals surface area contributed by atoms with E-state index in [-0.39, 0.29) is 23.3 Å². The fraction of sp³-hybridized carbons (Fsp3) is 0.200. The summed E-state index contributed by atoms with van der Waals surface area (Å²) in [5.41, 5.74) is 6.63. The highest BCUT2D eigenvalue weighted by Crippen LogP contribution is 2.17. The van der Waals surface area contributed by atoms with Crippen molar-refractivity contribution < 1.29 is 19.1 Å². The summed E-state index contributed by atoms with van der Waals surface area (Å²) in [6, 6.07) is 13.4. The first-order chi connectivity index (χ1) is 14.9. The third kappa shape index (κ3) is 8.49. The molecule has 0 aliphatic rings. The Labute approximate surface area is 194 Å². The summed E-state index contributed by atoms with van der Waals surface area (Å²) in [6.45, 7) is 3.59. The van der Waals surface area contributed by atoms with Crippen molar-refractivity contribution in [1.29, 1.82) is 0 Å². The number of rotatable bonds is 6. The van der Waals surface area contributed by atoms with Crippen LogP contribution in [0.3, 0.4) is 0 Å². The van der Waals surface area contributed by atoms with Gasteiger partial charge in [0.15, 0.2) is 0 Å². The molecule has 0 saturated carbocycles. The second-order valence-corrected chi connectivity index (χ2v) is 7.46. The monoisotopic (exact) mass is 482 g/mol. The first-order valence-corrected chi connectivity index (χ1v) is 10.7. The van der Waals surface area contributed by atoms with Gasteiger partial charge in [-0.2, -0.15) is 10.2 Å². The van der Waals surface area contributed by atoms with Crippen molar-refractivity contribution in [2.24, 2.45) is 10.2 Å². The van der Waals surface area contributed by atoms with E-state index in [2.05, 4.69) is 21.1 Å². The Morgan fingerprint density at radius 3 is 1.45 bits per heavy atom. The SMILES string of the molecule is CCOC(=O)/C(=N/Nc1ccc(Cl)cc1)S/C(=N\Nc1ccc(Cl)cc1)C(=O)OCC. The van der Waals surface area contributed by atoms with E-state index in [4.69, 9.17) is 32.7 Å². The van der Waals surface area contributed by atoms with Crippen LogP contribution in [0.4, 0.5) is 11.4 Å². The van der Waals surface area contributed by atoms with Crippen LogP contribution in [-0.4, -0.2) is 35.2 Å². The lowest BCUT2D eigenvalue weighted by Gasteiger charge is -2.09. The molecule has 2 N–H and O–H groups in total. The van der Waals surface area contributed by atoms with Gasteiger partial charge in [-0.3, -0.25) is 10.9 Å². The second-order valence-electron chi connectivity index (χ2n) is 5.61. The normalized spacial score (nSPS) is 11.6. The maximum Gasteiger partial charge on any atom is 0.365 e. The van der Waals surface area contributed by atoms with E-state index in [0.717, 1.165) is 0 Å². The minimum Gasteiger partial charge on any atom is -0.461 e. The summed E-state index contributed by atoms with van der Waals surface area (Å²) in [4.78, 5) is 24.7. The lowest BCUT2D eigenvalue weighted by molar-refractivity contribution is -0.135. The van der Waals surface area contributed by atoms with Crippen molar-refractivity contribution in [2.75, 3.05) is 24.1 Å². The molecule has 0 atom stereocenters.